The van der Waals surface area contributed by atoms with Crippen molar-refractivity contribution in [2.75, 3.05) is 0 Å². The van der Waals surface area contributed by atoms with Crippen LogP contribution in [0.1, 0.15) is 66.5 Å². The molecule has 0 aliphatic rings. The van der Waals surface area contributed by atoms with Gasteiger partial charge in [0.05, 0.1) is 0 Å². The molecule has 0 saturated heterocycles. The number of hydrogen-bond acceptors (Lipinski definition) is 2. The molecule has 1 aromatic carbocycles. The smallest absolute Gasteiger partial charge is 0.123 e. The first-order chi connectivity index (χ1) is 8.03. The van der Waals surface area contributed by atoms with Crippen LogP contribution in [0, 0.1) is 0 Å². The van der Waals surface area contributed by atoms with Crippen LogP contribution in [0.5, 0.6) is 11.5 Å². The zero-order chi connectivity index (χ0) is 14.7. The maximum absolute atomic E-state index is 10.3. The molecule has 0 atom stereocenters. The van der Waals surface area contributed by atoms with Gasteiger partial charge in [-0.1, -0.05) is 55.4 Å². The Morgan fingerprint density at radius 1 is 0.722 bits per heavy atom. The second-order valence-corrected chi connectivity index (χ2v) is 6.39. The third-order valence-corrected chi connectivity index (χ3v) is 2.71. The molecule has 1 rings (SSSR count). The molecule has 0 fully saturated rings. The summed E-state index contributed by atoms with van der Waals surface area (Å²) in [6.45, 7) is 16.1. The van der Waals surface area contributed by atoms with Gasteiger partial charge in [0, 0.05) is 11.1 Å². The van der Waals surface area contributed by atoms with E-state index in [1.165, 1.54) is 0 Å². The quantitative estimate of drug-likeness (QED) is 0.656. The summed E-state index contributed by atoms with van der Waals surface area (Å²) < 4.78 is 0. The van der Waals surface area contributed by atoms with Gasteiger partial charge in [-0.05, 0) is 23.0 Å². The van der Waals surface area contributed by atoms with Crippen LogP contribution in [0.4, 0.5) is 0 Å². The minimum absolute atomic E-state index is 0.178. The maximum Gasteiger partial charge on any atom is 0.123 e. The Hall–Kier alpha value is -1.18. The minimum Gasteiger partial charge on any atom is -0.508 e. The molecule has 0 radical (unpaired) electrons. The van der Waals surface area contributed by atoms with Crippen LogP contribution in [0.2, 0.25) is 0 Å². The summed E-state index contributed by atoms with van der Waals surface area (Å²) in [7, 11) is 0. The molecule has 0 aliphatic carbocycles. The minimum atomic E-state index is -0.178. The lowest BCUT2D eigenvalue weighted by molar-refractivity contribution is 0.413. The lowest BCUT2D eigenvalue weighted by Gasteiger charge is -2.27. The van der Waals surface area contributed by atoms with E-state index in [9.17, 15) is 10.2 Å². The van der Waals surface area contributed by atoms with Crippen LogP contribution in [0.15, 0.2) is 12.1 Å². The summed E-state index contributed by atoms with van der Waals surface area (Å²) in [6, 6.07) is 3.29. The molecular formula is C16H28O2. The van der Waals surface area contributed by atoms with Crippen LogP contribution in [-0.4, -0.2) is 10.2 Å². The fourth-order valence-corrected chi connectivity index (χ4v) is 1.76. The Bertz CT molecular complexity index is 358. The van der Waals surface area contributed by atoms with Gasteiger partial charge in [-0.25, -0.2) is 0 Å². The predicted molar refractivity (Wildman–Crippen MR) is 78.5 cm³/mol. The molecule has 2 nitrogen and oxygen atoms in total. The first-order valence-electron chi connectivity index (χ1n) is 6.60. The van der Waals surface area contributed by atoms with Crippen LogP contribution in [0.25, 0.3) is 0 Å². The fraction of sp³-hybridized carbons (Fsp3) is 0.625. The van der Waals surface area contributed by atoms with Gasteiger partial charge in [0.25, 0.3) is 0 Å². The average Bonchev–Trinajstić information content (AvgIpc) is 2.21. The Labute approximate surface area is 112 Å². The zero-order valence-corrected chi connectivity index (χ0v) is 13.0. The van der Waals surface area contributed by atoms with Crippen molar-refractivity contribution in [3.63, 3.8) is 0 Å². The molecule has 0 aliphatic heterocycles. The van der Waals surface area contributed by atoms with Crippen molar-refractivity contribution < 1.29 is 10.2 Å². The SMILES string of the molecule is CC.CC(C)(C)c1cc(O)cc(C(C)(C)C)c1O. The van der Waals surface area contributed by atoms with E-state index in [0.717, 1.165) is 11.1 Å². The molecule has 18 heavy (non-hydrogen) atoms. The normalized spacial score (nSPS) is 11.8. The fourth-order valence-electron chi connectivity index (χ4n) is 1.76. The van der Waals surface area contributed by atoms with E-state index in [2.05, 4.69) is 0 Å². The predicted octanol–water partition coefficient (Wildman–Crippen LogP) is 4.72. The molecule has 1 aromatic rings. The van der Waals surface area contributed by atoms with E-state index < -0.39 is 0 Å². The van der Waals surface area contributed by atoms with Gasteiger partial charge in [0.1, 0.15) is 11.5 Å². The standard InChI is InChI=1S/C14H22O2.C2H6/c1-13(2,3)10-7-9(15)8-11(12(10)16)14(4,5)6;1-2/h7-8,15-16H,1-6H3;1-2H3. The van der Waals surface area contributed by atoms with Crippen molar-refractivity contribution in [2.45, 2.75) is 66.2 Å². The highest BCUT2D eigenvalue weighted by molar-refractivity contribution is 5.51. The lowest BCUT2D eigenvalue weighted by Crippen LogP contribution is -2.16. The van der Waals surface area contributed by atoms with E-state index in [-0.39, 0.29) is 16.6 Å². The molecule has 2 heteroatoms. The van der Waals surface area contributed by atoms with E-state index in [1.54, 1.807) is 12.1 Å². The molecule has 0 amide bonds. The number of benzene rings is 1. The third kappa shape index (κ3) is 3.94. The molecule has 0 spiro atoms. The van der Waals surface area contributed by atoms with Crippen LogP contribution in [0.3, 0.4) is 0 Å². The third-order valence-electron chi connectivity index (χ3n) is 2.71. The summed E-state index contributed by atoms with van der Waals surface area (Å²) in [6.07, 6.45) is 0. The van der Waals surface area contributed by atoms with Crippen molar-refractivity contribution in [3.8, 4) is 11.5 Å². The van der Waals surface area contributed by atoms with Crippen molar-refractivity contribution in [2.24, 2.45) is 0 Å². The summed E-state index contributed by atoms with van der Waals surface area (Å²) in [5.74, 6) is 0.519. The van der Waals surface area contributed by atoms with Crippen LogP contribution >= 0.6 is 0 Å². The Morgan fingerprint density at radius 3 is 1.22 bits per heavy atom. The van der Waals surface area contributed by atoms with Crippen molar-refractivity contribution in [1.29, 1.82) is 0 Å². The maximum atomic E-state index is 10.3. The molecular weight excluding hydrogens is 224 g/mol. The molecule has 2 N–H and O–H groups in total. The summed E-state index contributed by atoms with van der Waals surface area (Å²) >= 11 is 0. The van der Waals surface area contributed by atoms with E-state index in [1.807, 2.05) is 55.4 Å². The van der Waals surface area contributed by atoms with Crippen LogP contribution in [-0.2, 0) is 10.8 Å². The van der Waals surface area contributed by atoms with Crippen LogP contribution < -0.4 is 0 Å². The van der Waals surface area contributed by atoms with Crippen molar-refractivity contribution >= 4 is 0 Å². The highest BCUT2D eigenvalue weighted by atomic mass is 16.3. The average molecular weight is 252 g/mol. The molecule has 0 aromatic heterocycles. The topological polar surface area (TPSA) is 40.5 Å². The first-order valence-corrected chi connectivity index (χ1v) is 6.60. The second kappa shape index (κ2) is 5.64. The van der Waals surface area contributed by atoms with Gasteiger partial charge in [0.2, 0.25) is 0 Å². The van der Waals surface area contributed by atoms with E-state index >= 15 is 0 Å². The van der Waals surface area contributed by atoms with Crippen molar-refractivity contribution in [1.82, 2.24) is 0 Å². The van der Waals surface area contributed by atoms with Gasteiger partial charge < -0.3 is 10.2 Å². The number of phenolic OH excluding ortho intramolecular Hbond substituents is 2. The number of aromatic hydroxyl groups is 2. The number of rotatable bonds is 0. The second-order valence-electron chi connectivity index (χ2n) is 6.39. The summed E-state index contributed by atoms with van der Waals surface area (Å²) in [5, 5.41) is 20.0. The van der Waals surface area contributed by atoms with Gasteiger partial charge in [-0.2, -0.15) is 0 Å². The molecule has 0 unspecified atom stereocenters. The highest BCUT2D eigenvalue weighted by Gasteiger charge is 2.26. The highest BCUT2D eigenvalue weighted by Crippen LogP contribution is 2.41. The molecule has 0 bridgehead atoms. The van der Waals surface area contributed by atoms with Gasteiger partial charge in [-0.15, -0.1) is 0 Å². The summed E-state index contributed by atoms with van der Waals surface area (Å²) in [4.78, 5) is 0. The monoisotopic (exact) mass is 252 g/mol. The Kier molecular flexibility index (Phi) is 5.27. The van der Waals surface area contributed by atoms with E-state index in [4.69, 9.17) is 0 Å². The number of phenols is 2. The van der Waals surface area contributed by atoms with Gasteiger partial charge >= 0.3 is 0 Å². The van der Waals surface area contributed by atoms with Crippen molar-refractivity contribution in [3.05, 3.63) is 23.3 Å². The summed E-state index contributed by atoms with van der Waals surface area (Å²) in [5.41, 5.74) is 1.22. The molecule has 0 saturated carbocycles. The largest absolute Gasteiger partial charge is 0.508 e. The molecule has 0 heterocycles. The Morgan fingerprint density at radius 2 is 1.00 bits per heavy atom. The number of hydrogen-bond donors (Lipinski definition) is 2. The van der Waals surface area contributed by atoms with Gasteiger partial charge in [-0.3, -0.25) is 0 Å². The van der Waals surface area contributed by atoms with Gasteiger partial charge in [0.15, 0.2) is 0 Å². The first kappa shape index (κ1) is 16.8. The molecule has 104 valence electrons. The Balaban J connectivity index is 0.00000137. The van der Waals surface area contributed by atoms with E-state index in [0.29, 0.717) is 5.75 Å². The zero-order valence-electron chi connectivity index (χ0n) is 13.0. The lowest BCUT2D eigenvalue weighted by atomic mass is 9.79.